The van der Waals surface area contributed by atoms with Crippen molar-refractivity contribution in [1.82, 2.24) is 9.38 Å². The first-order valence-electron chi connectivity index (χ1n) is 11.6. The van der Waals surface area contributed by atoms with E-state index in [9.17, 15) is 0 Å². The van der Waals surface area contributed by atoms with E-state index in [1.807, 2.05) is 0 Å². The molecule has 0 bridgehead atoms. The quantitative estimate of drug-likeness (QED) is 0.279. The second-order valence-corrected chi connectivity index (χ2v) is 13.2. The van der Waals surface area contributed by atoms with Crippen LogP contribution in [0.15, 0.2) is 97.1 Å². The predicted molar refractivity (Wildman–Crippen MR) is 141 cm³/mol. The number of fused-ring (bicyclic) bond motifs is 3. The van der Waals surface area contributed by atoms with Crippen molar-refractivity contribution in [2.45, 2.75) is 19.9 Å². The number of pyridine rings is 1. The van der Waals surface area contributed by atoms with Crippen LogP contribution in [0.1, 0.15) is 17.0 Å². The minimum atomic E-state index is -2.33. The lowest BCUT2D eigenvalue weighted by atomic mass is 10.0. The van der Waals surface area contributed by atoms with Crippen molar-refractivity contribution in [3.63, 3.8) is 0 Å². The Balaban J connectivity index is 1.78. The van der Waals surface area contributed by atoms with Crippen LogP contribution >= 0.6 is 0 Å². The molecule has 3 heterocycles. The third-order valence-corrected chi connectivity index (χ3v) is 12.5. The summed E-state index contributed by atoms with van der Waals surface area (Å²) in [4.78, 5) is 5.16. The monoisotopic (exact) mass is 440 g/mol. The second kappa shape index (κ2) is 6.66. The standard InChI is InChI=1S/C30H24N2Si/c1-20-17-18-27-29-28(20)24-15-9-10-16-25(24)30-31-21(2)26(32(29)30)19-33(27,22-11-5-3-6-12-22)23-13-7-4-8-14-23/h3-18H,19H2,1-2H3. The summed E-state index contributed by atoms with van der Waals surface area (Å²) in [6.45, 7) is 4.45. The van der Waals surface area contributed by atoms with Crippen molar-refractivity contribution in [3.05, 3.63) is 114 Å². The maximum absolute atomic E-state index is 5.16. The Morgan fingerprint density at radius 1 is 0.697 bits per heavy atom. The Bertz CT molecular complexity index is 1660. The highest BCUT2D eigenvalue weighted by molar-refractivity contribution is 7.12. The van der Waals surface area contributed by atoms with Gasteiger partial charge in [-0.25, -0.2) is 4.98 Å². The van der Waals surface area contributed by atoms with Crippen molar-refractivity contribution in [1.29, 1.82) is 0 Å². The van der Waals surface area contributed by atoms with Gasteiger partial charge in [0.2, 0.25) is 0 Å². The third kappa shape index (κ3) is 2.35. The normalized spacial score (nSPS) is 14.5. The van der Waals surface area contributed by atoms with E-state index in [0.717, 1.165) is 17.4 Å². The molecule has 2 nitrogen and oxygen atoms in total. The SMILES string of the molecule is Cc1nc2c3ccccc3c3c(C)ccc4c3n2c1C[Si]4(c1ccccc1)c1ccccc1. The van der Waals surface area contributed by atoms with Crippen molar-refractivity contribution in [2.75, 3.05) is 0 Å². The molecule has 0 saturated heterocycles. The fourth-order valence-electron chi connectivity index (χ4n) is 6.17. The zero-order valence-electron chi connectivity index (χ0n) is 18.8. The summed E-state index contributed by atoms with van der Waals surface area (Å²) in [7, 11) is -2.33. The molecule has 4 aromatic carbocycles. The zero-order valence-corrected chi connectivity index (χ0v) is 19.8. The topological polar surface area (TPSA) is 17.3 Å². The lowest BCUT2D eigenvalue weighted by molar-refractivity contribution is 1.09. The molecular weight excluding hydrogens is 416 g/mol. The van der Waals surface area contributed by atoms with Gasteiger partial charge in [-0.05, 0) is 46.4 Å². The molecule has 6 aromatic rings. The van der Waals surface area contributed by atoms with E-state index in [4.69, 9.17) is 4.98 Å². The average Bonchev–Trinajstić information content (AvgIpc) is 3.21. The first-order valence-corrected chi connectivity index (χ1v) is 13.8. The van der Waals surface area contributed by atoms with Gasteiger partial charge in [-0.1, -0.05) is 97.1 Å². The van der Waals surface area contributed by atoms with Gasteiger partial charge in [0.1, 0.15) is 5.65 Å². The van der Waals surface area contributed by atoms with Crippen LogP contribution in [0.2, 0.25) is 0 Å². The molecule has 0 fully saturated rings. The first-order chi connectivity index (χ1) is 16.2. The van der Waals surface area contributed by atoms with Gasteiger partial charge < -0.3 is 0 Å². The van der Waals surface area contributed by atoms with E-state index in [1.165, 1.54) is 48.5 Å². The van der Waals surface area contributed by atoms with Crippen LogP contribution in [0.25, 0.3) is 27.3 Å². The largest absolute Gasteiger partial charge is 0.296 e. The fraction of sp³-hybridized carbons (Fsp3) is 0.100. The van der Waals surface area contributed by atoms with Gasteiger partial charge in [-0.3, -0.25) is 4.40 Å². The highest BCUT2D eigenvalue weighted by Crippen LogP contribution is 2.36. The molecule has 3 heteroatoms. The van der Waals surface area contributed by atoms with Gasteiger partial charge >= 0.3 is 0 Å². The third-order valence-electron chi connectivity index (χ3n) is 7.65. The number of hydrogen-bond acceptors (Lipinski definition) is 1. The van der Waals surface area contributed by atoms with E-state index in [2.05, 4.69) is 115 Å². The second-order valence-electron chi connectivity index (χ2n) is 9.32. The summed E-state index contributed by atoms with van der Waals surface area (Å²) >= 11 is 0. The van der Waals surface area contributed by atoms with Gasteiger partial charge in [0.25, 0.3) is 0 Å². The van der Waals surface area contributed by atoms with Crippen molar-refractivity contribution < 1.29 is 0 Å². The Hall–Kier alpha value is -3.69. The smallest absolute Gasteiger partial charge is 0.156 e. The van der Waals surface area contributed by atoms with Crippen LogP contribution in [0.4, 0.5) is 0 Å². The molecule has 0 amide bonds. The number of imidazole rings is 1. The minimum Gasteiger partial charge on any atom is -0.296 e. The van der Waals surface area contributed by atoms with Crippen LogP contribution in [0.3, 0.4) is 0 Å². The van der Waals surface area contributed by atoms with Gasteiger partial charge in [0, 0.05) is 16.5 Å². The van der Waals surface area contributed by atoms with E-state index >= 15 is 0 Å². The van der Waals surface area contributed by atoms with E-state index in [0.29, 0.717) is 0 Å². The van der Waals surface area contributed by atoms with Gasteiger partial charge in [-0.2, -0.15) is 0 Å². The zero-order chi connectivity index (χ0) is 22.2. The van der Waals surface area contributed by atoms with Crippen molar-refractivity contribution in [3.8, 4) is 0 Å². The molecule has 1 aliphatic rings. The molecule has 7 rings (SSSR count). The molecule has 158 valence electrons. The summed E-state index contributed by atoms with van der Waals surface area (Å²) in [5.41, 5.74) is 6.32. The molecule has 33 heavy (non-hydrogen) atoms. The van der Waals surface area contributed by atoms with Crippen LogP contribution < -0.4 is 15.6 Å². The molecule has 0 unspecified atom stereocenters. The number of rotatable bonds is 2. The van der Waals surface area contributed by atoms with E-state index in [-0.39, 0.29) is 0 Å². The summed E-state index contributed by atoms with van der Waals surface area (Å²) in [5, 5.41) is 8.36. The molecular formula is C30H24N2Si. The van der Waals surface area contributed by atoms with Gasteiger partial charge in [0.05, 0.1) is 11.2 Å². The van der Waals surface area contributed by atoms with Crippen molar-refractivity contribution >= 4 is 51.0 Å². The molecule has 0 radical (unpaired) electrons. The number of aryl methyl sites for hydroxylation is 2. The van der Waals surface area contributed by atoms with Gasteiger partial charge in [-0.15, -0.1) is 0 Å². The Kier molecular flexibility index (Phi) is 3.80. The molecule has 2 aromatic heterocycles. The minimum absolute atomic E-state index is 1.03. The van der Waals surface area contributed by atoms with Crippen LogP contribution in [0, 0.1) is 13.8 Å². The van der Waals surface area contributed by atoms with Crippen molar-refractivity contribution in [2.24, 2.45) is 0 Å². The van der Waals surface area contributed by atoms with E-state index in [1.54, 1.807) is 0 Å². The molecule has 1 aliphatic heterocycles. The maximum atomic E-state index is 5.16. The number of hydrogen-bond donors (Lipinski definition) is 0. The number of benzene rings is 4. The molecule has 0 N–H and O–H groups in total. The molecule has 0 aliphatic carbocycles. The lowest BCUT2D eigenvalue weighted by Gasteiger charge is -2.38. The fourth-order valence-corrected chi connectivity index (χ4v) is 11.2. The average molecular weight is 441 g/mol. The van der Waals surface area contributed by atoms with Crippen LogP contribution in [-0.2, 0) is 6.04 Å². The molecule has 0 atom stereocenters. The van der Waals surface area contributed by atoms with Gasteiger partial charge in [0.15, 0.2) is 8.07 Å². The van der Waals surface area contributed by atoms with Crippen LogP contribution in [0.5, 0.6) is 0 Å². The Labute approximate surface area is 194 Å². The Morgan fingerprint density at radius 2 is 1.30 bits per heavy atom. The predicted octanol–water partition coefficient (Wildman–Crippen LogP) is 4.82. The molecule has 0 spiro atoms. The molecule has 0 saturated carbocycles. The number of nitrogens with zero attached hydrogens (tertiary/aromatic N) is 2. The first kappa shape index (κ1) is 18.8. The highest BCUT2D eigenvalue weighted by atomic mass is 28.3. The maximum Gasteiger partial charge on any atom is 0.156 e. The summed E-state index contributed by atoms with van der Waals surface area (Å²) in [6, 6.07) is 37.1. The number of aromatic nitrogens is 2. The van der Waals surface area contributed by atoms with E-state index < -0.39 is 8.07 Å². The Morgan fingerprint density at radius 3 is 1.97 bits per heavy atom. The summed E-state index contributed by atoms with van der Waals surface area (Å²) in [6.07, 6.45) is 0. The highest BCUT2D eigenvalue weighted by Gasteiger charge is 2.45. The summed E-state index contributed by atoms with van der Waals surface area (Å²) < 4.78 is 2.49. The van der Waals surface area contributed by atoms with Crippen LogP contribution in [-0.4, -0.2) is 17.5 Å². The summed E-state index contributed by atoms with van der Waals surface area (Å²) in [5.74, 6) is 0. The lowest BCUT2D eigenvalue weighted by Crippen LogP contribution is -2.70.